The molecule has 1 aliphatic carbocycles. The van der Waals surface area contributed by atoms with Crippen molar-refractivity contribution >= 4 is 23.4 Å². The zero-order chi connectivity index (χ0) is 15.4. The summed E-state index contributed by atoms with van der Waals surface area (Å²) in [6.45, 7) is 5.79. The van der Waals surface area contributed by atoms with Gasteiger partial charge < -0.3 is 9.84 Å². The summed E-state index contributed by atoms with van der Waals surface area (Å²) in [6.07, 6.45) is 0.307. The lowest BCUT2D eigenvalue weighted by molar-refractivity contribution is -0.142. The number of hydrogen-bond acceptors (Lipinski definition) is 4. The van der Waals surface area contributed by atoms with Crippen molar-refractivity contribution in [3.8, 4) is 0 Å². The van der Waals surface area contributed by atoms with Gasteiger partial charge in [-0.15, -0.1) is 11.3 Å². The predicted molar refractivity (Wildman–Crippen MR) is 78.5 cm³/mol. The molecular weight excluding hydrogens is 290 g/mol. The monoisotopic (exact) mass is 309 g/mol. The second-order valence-electron chi connectivity index (χ2n) is 6.84. The molecule has 3 rings (SSSR count). The van der Waals surface area contributed by atoms with Gasteiger partial charge >= 0.3 is 12.1 Å². The first-order valence-corrected chi connectivity index (χ1v) is 7.89. The minimum absolute atomic E-state index is 0.00108. The minimum Gasteiger partial charge on any atom is -0.480 e. The number of fused-ring (bicyclic) bond motifs is 1. The van der Waals surface area contributed by atoms with Crippen molar-refractivity contribution in [2.45, 2.75) is 44.2 Å². The smallest absolute Gasteiger partial charge is 0.411 e. The third kappa shape index (κ3) is 2.31. The average molecular weight is 309 g/mol. The summed E-state index contributed by atoms with van der Waals surface area (Å²) < 4.78 is 5.36. The van der Waals surface area contributed by atoms with Gasteiger partial charge in [0.15, 0.2) is 0 Å². The topological polar surface area (TPSA) is 66.8 Å². The largest absolute Gasteiger partial charge is 0.480 e. The Morgan fingerprint density at radius 1 is 1.48 bits per heavy atom. The first kappa shape index (κ1) is 14.4. The third-order valence-corrected chi connectivity index (χ3v) is 5.29. The molecule has 2 aliphatic rings. The third-order valence-electron chi connectivity index (χ3n) is 4.20. The minimum atomic E-state index is -0.943. The molecule has 6 heteroatoms. The van der Waals surface area contributed by atoms with Gasteiger partial charge in [0.1, 0.15) is 11.6 Å². The van der Waals surface area contributed by atoms with Gasteiger partial charge in [0, 0.05) is 22.8 Å². The van der Waals surface area contributed by atoms with Crippen LogP contribution in [0.3, 0.4) is 0 Å². The number of rotatable bonds is 2. The van der Waals surface area contributed by atoms with Crippen molar-refractivity contribution < 1.29 is 19.4 Å². The van der Waals surface area contributed by atoms with Crippen LogP contribution in [0.2, 0.25) is 0 Å². The maximum Gasteiger partial charge on any atom is 0.411 e. The molecule has 3 atom stereocenters. The van der Waals surface area contributed by atoms with Crippen molar-refractivity contribution in [3.63, 3.8) is 0 Å². The number of aliphatic carboxylic acids is 1. The lowest BCUT2D eigenvalue weighted by Crippen LogP contribution is -2.46. The van der Waals surface area contributed by atoms with Crippen molar-refractivity contribution in [1.29, 1.82) is 0 Å². The molecule has 0 aromatic carbocycles. The summed E-state index contributed by atoms with van der Waals surface area (Å²) in [5, 5.41) is 11.5. The highest BCUT2D eigenvalue weighted by atomic mass is 32.1. The highest BCUT2D eigenvalue weighted by Crippen LogP contribution is 2.63. The van der Waals surface area contributed by atoms with E-state index >= 15 is 0 Å². The fourth-order valence-electron chi connectivity index (χ4n) is 3.28. The van der Waals surface area contributed by atoms with Crippen molar-refractivity contribution in [2.24, 2.45) is 5.92 Å². The molecule has 2 fully saturated rings. The van der Waals surface area contributed by atoms with Gasteiger partial charge in [0.05, 0.1) is 0 Å². The Labute approximate surface area is 127 Å². The number of likely N-dealkylation sites (tertiary alicyclic amines) is 1. The van der Waals surface area contributed by atoms with E-state index in [2.05, 4.69) is 0 Å². The van der Waals surface area contributed by atoms with Crippen LogP contribution < -0.4 is 0 Å². The van der Waals surface area contributed by atoms with E-state index in [1.807, 2.05) is 17.5 Å². The molecule has 1 saturated heterocycles. The van der Waals surface area contributed by atoms with E-state index in [0.717, 1.165) is 6.42 Å². The highest BCUT2D eigenvalue weighted by Gasteiger charge is 2.69. The molecule has 2 heterocycles. The lowest BCUT2D eigenvalue weighted by atomic mass is 10.0. The fourth-order valence-corrected chi connectivity index (χ4v) is 4.27. The lowest BCUT2D eigenvalue weighted by Gasteiger charge is -2.29. The number of carbonyl (C=O) groups excluding carboxylic acids is 1. The number of carboxylic acids is 1. The number of piperidine rings is 1. The first-order valence-electron chi connectivity index (χ1n) is 7.01. The Balaban J connectivity index is 1.85. The van der Waals surface area contributed by atoms with Crippen LogP contribution in [0, 0.1) is 5.92 Å². The van der Waals surface area contributed by atoms with Crippen LogP contribution >= 0.6 is 11.3 Å². The molecule has 1 aromatic heterocycles. The molecular formula is C15H19NO4S. The van der Waals surface area contributed by atoms with Crippen molar-refractivity contribution in [3.05, 3.63) is 22.4 Å². The van der Waals surface area contributed by atoms with Crippen LogP contribution in [0.4, 0.5) is 4.79 Å². The van der Waals surface area contributed by atoms with E-state index < -0.39 is 23.7 Å². The Kier molecular flexibility index (Phi) is 3.06. The Hall–Kier alpha value is -1.56. The average Bonchev–Trinajstić information content (AvgIpc) is 2.80. The van der Waals surface area contributed by atoms with E-state index in [4.69, 9.17) is 4.74 Å². The molecule has 114 valence electrons. The highest BCUT2D eigenvalue weighted by molar-refractivity contribution is 7.10. The Bertz CT molecular complexity index is 577. The number of thiophene rings is 1. The number of carbonyl (C=O) groups is 2. The quantitative estimate of drug-likeness (QED) is 0.912. The van der Waals surface area contributed by atoms with E-state index in [1.165, 1.54) is 9.78 Å². The van der Waals surface area contributed by atoms with E-state index in [1.54, 1.807) is 32.1 Å². The number of carboxylic acid groups (broad SMARTS) is 1. The van der Waals surface area contributed by atoms with Crippen molar-refractivity contribution in [1.82, 2.24) is 4.90 Å². The molecule has 0 bridgehead atoms. The molecule has 0 radical (unpaired) electrons. The zero-order valence-corrected chi connectivity index (χ0v) is 13.1. The maximum atomic E-state index is 12.3. The first-order chi connectivity index (χ1) is 9.74. The van der Waals surface area contributed by atoms with E-state index in [0.29, 0.717) is 6.54 Å². The molecule has 1 saturated carbocycles. The SMILES string of the molecule is CC(C)(C)OC(=O)N1CC2(c3cccs3)CC2C1C(=O)O. The second kappa shape index (κ2) is 4.47. The van der Waals surface area contributed by atoms with Gasteiger partial charge in [-0.25, -0.2) is 9.59 Å². The molecule has 1 amide bonds. The summed E-state index contributed by atoms with van der Waals surface area (Å²) in [7, 11) is 0. The maximum absolute atomic E-state index is 12.3. The Morgan fingerprint density at radius 2 is 2.19 bits per heavy atom. The van der Waals surface area contributed by atoms with Gasteiger partial charge in [-0.1, -0.05) is 6.07 Å². The van der Waals surface area contributed by atoms with Crippen LogP contribution in [-0.4, -0.2) is 40.3 Å². The number of ether oxygens (including phenoxy) is 1. The zero-order valence-electron chi connectivity index (χ0n) is 12.3. The number of amides is 1. The van der Waals surface area contributed by atoms with Gasteiger partial charge in [-0.2, -0.15) is 0 Å². The van der Waals surface area contributed by atoms with E-state index in [9.17, 15) is 14.7 Å². The predicted octanol–water partition coefficient (Wildman–Crippen LogP) is 2.71. The molecule has 5 nitrogen and oxygen atoms in total. The number of hydrogen-bond donors (Lipinski definition) is 1. The van der Waals surface area contributed by atoms with Crippen LogP contribution in [0.15, 0.2) is 17.5 Å². The fraction of sp³-hybridized carbons (Fsp3) is 0.600. The summed E-state index contributed by atoms with van der Waals surface area (Å²) in [6, 6.07) is 3.22. The molecule has 3 unspecified atom stereocenters. The molecule has 0 spiro atoms. The van der Waals surface area contributed by atoms with Gasteiger partial charge in [0.25, 0.3) is 0 Å². The van der Waals surface area contributed by atoms with Crippen LogP contribution in [0.25, 0.3) is 0 Å². The second-order valence-corrected chi connectivity index (χ2v) is 7.78. The van der Waals surface area contributed by atoms with Gasteiger partial charge in [-0.3, -0.25) is 4.90 Å². The van der Waals surface area contributed by atoms with Crippen LogP contribution in [-0.2, 0) is 14.9 Å². The summed E-state index contributed by atoms with van der Waals surface area (Å²) in [5.74, 6) is -0.942. The van der Waals surface area contributed by atoms with Crippen LogP contribution in [0.5, 0.6) is 0 Å². The molecule has 1 aromatic rings. The summed E-state index contributed by atoms with van der Waals surface area (Å²) >= 11 is 1.63. The molecule has 21 heavy (non-hydrogen) atoms. The van der Waals surface area contributed by atoms with Gasteiger partial charge in [0.2, 0.25) is 0 Å². The van der Waals surface area contributed by atoms with E-state index in [-0.39, 0.29) is 11.3 Å². The van der Waals surface area contributed by atoms with Gasteiger partial charge in [-0.05, 0) is 38.6 Å². The number of nitrogens with zero attached hydrogens (tertiary/aromatic N) is 1. The summed E-state index contributed by atoms with van der Waals surface area (Å²) in [4.78, 5) is 26.4. The van der Waals surface area contributed by atoms with Crippen LogP contribution in [0.1, 0.15) is 32.1 Å². The standard InChI is InChI=1S/C15H19NO4S/c1-14(2,3)20-13(19)16-8-15(10-5-4-6-21-10)7-9(15)11(16)12(17)18/h4-6,9,11H,7-8H2,1-3H3,(H,17,18). The summed E-state index contributed by atoms with van der Waals surface area (Å²) in [5.41, 5.74) is -0.795. The Morgan fingerprint density at radius 3 is 2.71 bits per heavy atom. The molecule has 1 N–H and O–H groups in total. The normalized spacial score (nSPS) is 30.9. The van der Waals surface area contributed by atoms with Crippen molar-refractivity contribution in [2.75, 3.05) is 6.54 Å². The molecule has 1 aliphatic heterocycles.